The van der Waals surface area contributed by atoms with Gasteiger partial charge in [0.15, 0.2) is 0 Å². The first kappa shape index (κ1) is 12.1. The van der Waals surface area contributed by atoms with Gasteiger partial charge in [0, 0.05) is 11.8 Å². The van der Waals surface area contributed by atoms with E-state index in [1.807, 2.05) is 6.92 Å². The second-order valence-corrected chi connectivity index (χ2v) is 3.92. The minimum atomic E-state index is -0.406. The summed E-state index contributed by atoms with van der Waals surface area (Å²) in [6.45, 7) is 1.89. The monoisotopic (exact) mass is 243 g/mol. The van der Waals surface area contributed by atoms with E-state index in [0.717, 1.165) is 16.8 Å². The molecule has 0 aliphatic rings. The molecule has 2 rings (SSSR count). The van der Waals surface area contributed by atoms with Gasteiger partial charge >= 0.3 is 5.97 Å². The molecule has 18 heavy (non-hydrogen) atoms. The number of phenolic OH excluding ortho intramolecular Hbond substituents is 1. The standard InChI is InChI=1S/C14H13NO3/c1-9-7-11(16)4-5-12(9)13-6-3-10(8-15-13)14(17)18-2/h3-8,16H,1-2H3. The summed E-state index contributed by atoms with van der Waals surface area (Å²) < 4.78 is 4.61. The average Bonchev–Trinajstić information content (AvgIpc) is 2.38. The van der Waals surface area contributed by atoms with Gasteiger partial charge in [0.05, 0.1) is 18.4 Å². The maximum Gasteiger partial charge on any atom is 0.339 e. The zero-order valence-corrected chi connectivity index (χ0v) is 10.2. The lowest BCUT2D eigenvalue weighted by Gasteiger charge is -2.06. The number of carbonyl (C=O) groups is 1. The van der Waals surface area contributed by atoms with Crippen molar-refractivity contribution in [2.45, 2.75) is 6.92 Å². The van der Waals surface area contributed by atoms with Crippen LogP contribution in [0.25, 0.3) is 11.3 Å². The third-order valence-electron chi connectivity index (χ3n) is 2.67. The number of esters is 1. The van der Waals surface area contributed by atoms with Crippen molar-refractivity contribution in [3.05, 3.63) is 47.7 Å². The molecule has 0 radical (unpaired) electrons. The third kappa shape index (κ3) is 2.32. The fourth-order valence-electron chi connectivity index (χ4n) is 1.73. The van der Waals surface area contributed by atoms with Crippen LogP contribution >= 0.6 is 0 Å². The molecule has 0 saturated carbocycles. The number of carbonyl (C=O) groups excluding carboxylic acids is 1. The van der Waals surface area contributed by atoms with Gasteiger partial charge < -0.3 is 9.84 Å². The average molecular weight is 243 g/mol. The Morgan fingerprint density at radius 2 is 2.06 bits per heavy atom. The van der Waals surface area contributed by atoms with Crippen molar-refractivity contribution in [2.24, 2.45) is 0 Å². The number of hydrogen-bond donors (Lipinski definition) is 1. The Labute approximate surface area is 105 Å². The second kappa shape index (κ2) is 4.87. The molecule has 92 valence electrons. The predicted molar refractivity (Wildman–Crippen MR) is 67.4 cm³/mol. The minimum Gasteiger partial charge on any atom is -0.508 e. The van der Waals surface area contributed by atoms with Crippen LogP contribution in [0.2, 0.25) is 0 Å². The molecule has 1 N–H and O–H groups in total. The van der Waals surface area contributed by atoms with Crippen LogP contribution in [-0.2, 0) is 4.74 Å². The van der Waals surface area contributed by atoms with Crippen molar-refractivity contribution in [3.8, 4) is 17.0 Å². The topological polar surface area (TPSA) is 59.4 Å². The van der Waals surface area contributed by atoms with E-state index < -0.39 is 5.97 Å². The number of benzene rings is 1. The van der Waals surface area contributed by atoms with Crippen LogP contribution < -0.4 is 0 Å². The lowest BCUT2D eigenvalue weighted by molar-refractivity contribution is 0.0600. The second-order valence-electron chi connectivity index (χ2n) is 3.92. The van der Waals surface area contributed by atoms with Crippen molar-refractivity contribution >= 4 is 5.97 Å². The van der Waals surface area contributed by atoms with E-state index in [-0.39, 0.29) is 5.75 Å². The molecule has 1 heterocycles. The van der Waals surface area contributed by atoms with Crippen LogP contribution in [0.1, 0.15) is 15.9 Å². The lowest BCUT2D eigenvalue weighted by atomic mass is 10.0. The summed E-state index contributed by atoms with van der Waals surface area (Å²) in [5.41, 5.74) is 3.01. The largest absolute Gasteiger partial charge is 0.508 e. The molecule has 0 saturated heterocycles. The van der Waals surface area contributed by atoms with Crippen molar-refractivity contribution < 1.29 is 14.6 Å². The Morgan fingerprint density at radius 1 is 1.28 bits per heavy atom. The highest BCUT2D eigenvalue weighted by atomic mass is 16.5. The molecule has 1 aromatic carbocycles. The summed E-state index contributed by atoms with van der Waals surface area (Å²) >= 11 is 0. The summed E-state index contributed by atoms with van der Waals surface area (Å²) in [5, 5.41) is 9.35. The number of aryl methyl sites for hydroxylation is 1. The van der Waals surface area contributed by atoms with Gasteiger partial charge in [-0.15, -0.1) is 0 Å². The molecular weight excluding hydrogens is 230 g/mol. The van der Waals surface area contributed by atoms with E-state index in [0.29, 0.717) is 5.56 Å². The van der Waals surface area contributed by atoms with Gasteiger partial charge in [-0.2, -0.15) is 0 Å². The first-order valence-electron chi connectivity index (χ1n) is 5.46. The number of pyridine rings is 1. The molecule has 4 nitrogen and oxygen atoms in total. The van der Waals surface area contributed by atoms with Gasteiger partial charge in [-0.05, 0) is 42.8 Å². The number of methoxy groups -OCH3 is 1. The van der Waals surface area contributed by atoms with Gasteiger partial charge in [-0.25, -0.2) is 4.79 Å². The number of aromatic hydroxyl groups is 1. The molecule has 0 fully saturated rings. The van der Waals surface area contributed by atoms with Crippen LogP contribution in [0, 0.1) is 6.92 Å². The predicted octanol–water partition coefficient (Wildman–Crippen LogP) is 2.55. The van der Waals surface area contributed by atoms with E-state index in [9.17, 15) is 9.90 Å². The fourth-order valence-corrected chi connectivity index (χ4v) is 1.73. The summed E-state index contributed by atoms with van der Waals surface area (Å²) in [4.78, 5) is 15.5. The van der Waals surface area contributed by atoms with Crippen LogP contribution in [0.15, 0.2) is 36.5 Å². The normalized spacial score (nSPS) is 10.1. The first-order valence-corrected chi connectivity index (χ1v) is 5.46. The Hall–Kier alpha value is -2.36. The summed E-state index contributed by atoms with van der Waals surface area (Å²) in [6, 6.07) is 8.50. The Kier molecular flexibility index (Phi) is 3.28. The van der Waals surface area contributed by atoms with Crippen molar-refractivity contribution in [1.82, 2.24) is 4.98 Å². The van der Waals surface area contributed by atoms with E-state index in [2.05, 4.69) is 9.72 Å². The zero-order valence-electron chi connectivity index (χ0n) is 10.2. The van der Waals surface area contributed by atoms with Gasteiger partial charge in [0.25, 0.3) is 0 Å². The van der Waals surface area contributed by atoms with Crippen molar-refractivity contribution in [3.63, 3.8) is 0 Å². The van der Waals surface area contributed by atoms with Gasteiger partial charge in [-0.1, -0.05) is 0 Å². The smallest absolute Gasteiger partial charge is 0.339 e. The summed E-state index contributed by atoms with van der Waals surface area (Å²) in [5.74, 6) is -0.182. The summed E-state index contributed by atoms with van der Waals surface area (Å²) in [7, 11) is 1.33. The molecule has 2 aromatic rings. The number of phenols is 1. The molecular formula is C14H13NO3. The maximum atomic E-state index is 11.3. The molecule has 0 atom stereocenters. The number of nitrogens with zero attached hydrogens (tertiary/aromatic N) is 1. The molecule has 0 unspecified atom stereocenters. The highest BCUT2D eigenvalue weighted by Gasteiger charge is 2.08. The molecule has 0 spiro atoms. The quantitative estimate of drug-likeness (QED) is 0.823. The number of rotatable bonds is 2. The highest BCUT2D eigenvalue weighted by molar-refractivity contribution is 5.89. The van der Waals surface area contributed by atoms with Crippen molar-refractivity contribution in [2.75, 3.05) is 7.11 Å². The molecule has 4 heteroatoms. The minimum absolute atomic E-state index is 0.224. The Morgan fingerprint density at radius 3 is 2.61 bits per heavy atom. The van der Waals surface area contributed by atoms with Crippen LogP contribution in [0.3, 0.4) is 0 Å². The maximum absolute atomic E-state index is 11.3. The number of aromatic nitrogens is 1. The van der Waals surface area contributed by atoms with Crippen LogP contribution in [-0.4, -0.2) is 23.2 Å². The molecule has 0 aliphatic heterocycles. The van der Waals surface area contributed by atoms with E-state index >= 15 is 0 Å². The van der Waals surface area contributed by atoms with Crippen LogP contribution in [0.5, 0.6) is 5.75 Å². The van der Waals surface area contributed by atoms with Crippen LogP contribution in [0.4, 0.5) is 0 Å². The molecule has 0 aliphatic carbocycles. The highest BCUT2D eigenvalue weighted by Crippen LogP contribution is 2.24. The number of hydrogen-bond acceptors (Lipinski definition) is 4. The van der Waals surface area contributed by atoms with Gasteiger partial charge in [-0.3, -0.25) is 4.98 Å². The summed E-state index contributed by atoms with van der Waals surface area (Å²) in [6.07, 6.45) is 1.48. The Balaban J connectivity index is 2.37. The fraction of sp³-hybridized carbons (Fsp3) is 0.143. The third-order valence-corrected chi connectivity index (χ3v) is 2.67. The van der Waals surface area contributed by atoms with E-state index in [1.165, 1.54) is 13.3 Å². The first-order chi connectivity index (χ1) is 8.61. The number of ether oxygens (including phenoxy) is 1. The Bertz CT molecular complexity index is 576. The molecule has 0 amide bonds. The van der Waals surface area contributed by atoms with Crippen molar-refractivity contribution in [1.29, 1.82) is 0 Å². The molecule has 0 bridgehead atoms. The van der Waals surface area contributed by atoms with Gasteiger partial charge in [0.2, 0.25) is 0 Å². The lowest BCUT2D eigenvalue weighted by Crippen LogP contribution is -2.01. The molecule has 1 aromatic heterocycles. The van der Waals surface area contributed by atoms with E-state index in [1.54, 1.807) is 30.3 Å². The zero-order chi connectivity index (χ0) is 13.1. The van der Waals surface area contributed by atoms with Gasteiger partial charge in [0.1, 0.15) is 5.75 Å². The van der Waals surface area contributed by atoms with E-state index in [4.69, 9.17) is 0 Å². The SMILES string of the molecule is COC(=O)c1ccc(-c2ccc(O)cc2C)nc1.